The van der Waals surface area contributed by atoms with Crippen LogP contribution in [0.5, 0.6) is 0 Å². The van der Waals surface area contributed by atoms with Gasteiger partial charge in [0.05, 0.1) is 9.46 Å². The Bertz CT molecular complexity index is 977. The number of nitrogens with zero attached hydrogens (tertiary/aromatic N) is 2. The lowest BCUT2D eigenvalue weighted by Gasteiger charge is -2.12. The molecular weight excluding hydrogens is 328 g/mol. The Labute approximate surface area is 142 Å². The molecule has 0 aliphatic carbocycles. The van der Waals surface area contributed by atoms with E-state index in [1.807, 2.05) is 20.8 Å². The summed E-state index contributed by atoms with van der Waals surface area (Å²) >= 11 is 1.19. The average Bonchev–Trinajstić information content (AvgIpc) is 2.75. The molecule has 0 spiro atoms. The van der Waals surface area contributed by atoms with Crippen molar-refractivity contribution in [2.75, 3.05) is 0 Å². The summed E-state index contributed by atoms with van der Waals surface area (Å²) in [4.78, 5) is 34.8. The Balaban J connectivity index is 2.58. The van der Waals surface area contributed by atoms with Crippen molar-refractivity contribution in [2.24, 2.45) is 12.5 Å². The molecule has 24 heavy (non-hydrogen) atoms. The smallest absolute Gasteiger partial charge is 0.270 e. The molecule has 1 aromatic heterocycles. The van der Waals surface area contributed by atoms with Gasteiger partial charge in [-0.05, 0) is 11.6 Å². The molecule has 126 valence electrons. The normalized spacial score (nSPS) is 13.3. The van der Waals surface area contributed by atoms with Crippen molar-refractivity contribution in [1.29, 1.82) is 0 Å². The lowest BCUT2D eigenvalue weighted by atomic mass is 9.91. The van der Waals surface area contributed by atoms with Crippen molar-refractivity contribution in [1.82, 2.24) is 4.57 Å². The fourth-order valence-corrected chi connectivity index (χ4v) is 2.95. The van der Waals surface area contributed by atoms with Crippen molar-refractivity contribution < 1.29 is 9.72 Å². The third-order valence-corrected chi connectivity index (χ3v) is 4.55. The van der Waals surface area contributed by atoms with Crippen LogP contribution < -0.4 is 14.8 Å². The van der Waals surface area contributed by atoms with E-state index in [1.54, 1.807) is 25.3 Å². The second-order valence-electron chi connectivity index (χ2n) is 6.42. The van der Waals surface area contributed by atoms with E-state index >= 15 is 0 Å². The SMILES string of the molecule is Cn1c(=O)/c(=C\c2cccc([N+](=O)[O-])c2)s/c1=C\C(=O)C(C)(C)C. The first-order valence-electron chi connectivity index (χ1n) is 7.28. The Kier molecular flexibility index (Phi) is 4.84. The standard InChI is InChI=1S/C17H18N2O4S/c1-17(2,3)14(20)10-15-18(4)16(21)13(24-15)9-11-6-5-7-12(8-11)19(22)23/h5-10H,1-4H3/b13-9+,15-10-. The van der Waals surface area contributed by atoms with Crippen LogP contribution in [0.4, 0.5) is 5.69 Å². The number of thiazole rings is 1. The molecule has 6 nitrogen and oxygen atoms in total. The summed E-state index contributed by atoms with van der Waals surface area (Å²) in [6.45, 7) is 5.44. The minimum Gasteiger partial charge on any atom is -0.302 e. The number of nitro benzene ring substituents is 1. The number of aromatic nitrogens is 1. The van der Waals surface area contributed by atoms with Crippen LogP contribution in [0.2, 0.25) is 0 Å². The number of nitro groups is 1. The lowest BCUT2D eigenvalue weighted by molar-refractivity contribution is -0.384. The first-order chi connectivity index (χ1) is 11.1. The molecule has 2 aromatic rings. The molecule has 0 radical (unpaired) electrons. The second kappa shape index (κ2) is 6.52. The van der Waals surface area contributed by atoms with E-state index in [4.69, 9.17) is 0 Å². The zero-order valence-corrected chi connectivity index (χ0v) is 14.7. The predicted molar refractivity (Wildman–Crippen MR) is 94.4 cm³/mol. The maximum atomic E-state index is 12.3. The zero-order valence-electron chi connectivity index (χ0n) is 13.9. The minimum absolute atomic E-state index is 0.0353. The van der Waals surface area contributed by atoms with Gasteiger partial charge in [-0.1, -0.05) is 32.9 Å². The summed E-state index contributed by atoms with van der Waals surface area (Å²) in [5.41, 5.74) is -0.229. The van der Waals surface area contributed by atoms with Gasteiger partial charge in [0.1, 0.15) is 4.66 Å². The fourth-order valence-electron chi connectivity index (χ4n) is 1.92. The molecule has 0 unspecified atom stereocenters. The number of Topliss-reactive ketones (excluding diaryl/α,β-unsaturated/α-hetero) is 1. The molecule has 0 amide bonds. The second-order valence-corrected chi connectivity index (χ2v) is 7.49. The van der Waals surface area contributed by atoms with E-state index in [1.165, 1.54) is 34.1 Å². The highest BCUT2D eigenvalue weighted by Gasteiger charge is 2.19. The van der Waals surface area contributed by atoms with Crippen molar-refractivity contribution in [2.45, 2.75) is 20.8 Å². The molecule has 2 rings (SSSR count). The molecule has 1 heterocycles. The van der Waals surface area contributed by atoms with E-state index in [2.05, 4.69) is 0 Å². The Morgan fingerprint density at radius 2 is 2.00 bits per heavy atom. The predicted octanol–water partition coefficient (Wildman–Crippen LogP) is 1.58. The number of ketones is 1. The van der Waals surface area contributed by atoms with Gasteiger partial charge in [0.15, 0.2) is 5.78 Å². The number of carbonyl (C=O) groups excluding carboxylic acids is 1. The van der Waals surface area contributed by atoms with Gasteiger partial charge in [-0.3, -0.25) is 19.7 Å². The summed E-state index contributed by atoms with van der Waals surface area (Å²) in [5, 5.41) is 10.8. The number of hydrogen-bond acceptors (Lipinski definition) is 5. The maximum absolute atomic E-state index is 12.3. The van der Waals surface area contributed by atoms with Gasteiger partial charge in [-0.15, -0.1) is 11.3 Å². The number of carbonyl (C=O) groups is 1. The molecule has 0 saturated heterocycles. The zero-order chi connectivity index (χ0) is 18.1. The molecule has 0 N–H and O–H groups in total. The van der Waals surface area contributed by atoms with E-state index in [9.17, 15) is 19.7 Å². The summed E-state index contributed by atoms with van der Waals surface area (Å²) in [5.74, 6) is -0.0683. The largest absolute Gasteiger partial charge is 0.302 e. The highest BCUT2D eigenvalue weighted by atomic mass is 32.1. The van der Waals surface area contributed by atoms with Crippen molar-refractivity contribution in [3.05, 3.63) is 59.5 Å². The van der Waals surface area contributed by atoms with Crippen molar-refractivity contribution >= 4 is 35.0 Å². The van der Waals surface area contributed by atoms with Gasteiger partial charge in [0.25, 0.3) is 11.2 Å². The number of non-ortho nitro benzene ring substituents is 1. The quantitative estimate of drug-likeness (QED) is 0.624. The van der Waals surface area contributed by atoms with Crippen LogP contribution in [0.15, 0.2) is 29.1 Å². The third-order valence-electron chi connectivity index (χ3n) is 3.43. The van der Waals surface area contributed by atoms with Crippen LogP contribution in [0.1, 0.15) is 26.3 Å². The number of rotatable bonds is 3. The first-order valence-corrected chi connectivity index (χ1v) is 8.09. The molecule has 0 aliphatic heterocycles. The van der Waals surface area contributed by atoms with Gasteiger partial charge in [0.2, 0.25) is 0 Å². The van der Waals surface area contributed by atoms with Gasteiger partial charge in [-0.25, -0.2) is 0 Å². The highest BCUT2D eigenvalue weighted by Crippen LogP contribution is 2.15. The van der Waals surface area contributed by atoms with Gasteiger partial charge in [-0.2, -0.15) is 0 Å². The fraction of sp³-hybridized carbons (Fsp3) is 0.294. The number of benzene rings is 1. The lowest BCUT2D eigenvalue weighted by Crippen LogP contribution is -2.30. The van der Waals surface area contributed by atoms with Gasteiger partial charge in [0, 0.05) is 30.7 Å². The molecule has 0 bridgehead atoms. The van der Waals surface area contributed by atoms with Crippen LogP contribution in [-0.4, -0.2) is 15.3 Å². The van der Waals surface area contributed by atoms with Gasteiger partial charge < -0.3 is 4.57 Å². The first kappa shape index (κ1) is 17.8. The van der Waals surface area contributed by atoms with Crippen LogP contribution in [0.3, 0.4) is 0 Å². The summed E-state index contributed by atoms with van der Waals surface area (Å²) < 4.78 is 2.39. The maximum Gasteiger partial charge on any atom is 0.270 e. The van der Waals surface area contributed by atoms with Gasteiger partial charge >= 0.3 is 0 Å². The van der Waals surface area contributed by atoms with Crippen molar-refractivity contribution in [3.63, 3.8) is 0 Å². The average molecular weight is 346 g/mol. The summed E-state index contributed by atoms with van der Waals surface area (Å²) in [6.07, 6.45) is 3.07. The summed E-state index contributed by atoms with van der Waals surface area (Å²) in [7, 11) is 1.60. The third kappa shape index (κ3) is 3.86. The van der Waals surface area contributed by atoms with Crippen LogP contribution in [-0.2, 0) is 11.8 Å². The van der Waals surface area contributed by atoms with Crippen LogP contribution >= 0.6 is 11.3 Å². The van der Waals surface area contributed by atoms with E-state index in [0.717, 1.165) is 0 Å². The van der Waals surface area contributed by atoms with E-state index in [-0.39, 0.29) is 17.0 Å². The highest BCUT2D eigenvalue weighted by molar-refractivity contribution is 7.07. The molecule has 0 fully saturated rings. The molecule has 7 heteroatoms. The molecule has 0 saturated carbocycles. The Hall–Kier alpha value is -2.54. The Morgan fingerprint density at radius 1 is 1.33 bits per heavy atom. The monoisotopic (exact) mass is 346 g/mol. The van der Waals surface area contributed by atoms with E-state index in [0.29, 0.717) is 14.8 Å². The number of hydrogen-bond donors (Lipinski definition) is 0. The van der Waals surface area contributed by atoms with Crippen LogP contribution in [0, 0.1) is 15.5 Å². The van der Waals surface area contributed by atoms with E-state index < -0.39 is 10.3 Å². The minimum atomic E-state index is -0.524. The van der Waals surface area contributed by atoms with Crippen molar-refractivity contribution in [3.8, 4) is 0 Å². The molecule has 0 aliphatic rings. The molecule has 1 aromatic carbocycles. The Morgan fingerprint density at radius 3 is 2.58 bits per heavy atom. The topological polar surface area (TPSA) is 82.2 Å². The molecular formula is C17H18N2O4S. The van der Waals surface area contributed by atoms with Crippen LogP contribution in [0.25, 0.3) is 12.2 Å². The summed E-state index contributed by atoms with van der Waals surface area (Å²) in [6, 6.07) is 6.06. The molecule has 0 atom stereocenters.